The standard InChI is InChI=1S/C19H18S2/c1-13-11-19(20-12-14(13)2)15-7-3-5-9-17(15)21-18-10-6-4-8-16(18)19/h3-10H,11-12H2,1-2H3. The fourth-order valence-corrected chi connectivity index (χ4v) is 6.38. The number of hydrogen-bond donors (Lipinski definition) is 0. The fourth-order valence-electron chi connectivity index (χ4n) is 3.32. The van der Waals surface area contributed by atoms with Crippen LogP contribution in [-0.4, -0.2) is 5.75 Å². The maximum absolute atomic E-state index is 2.33. The third kappa shape index (κ3) is 2.00. The van der Waals surface area contributed by atoms with E-state index in [2.05, 4.69) is 74.1 Å². The van der Waals surface area contributed by atoms with E-state index < -0.39 is 0 Å². The van der Waals surface area contributed by atoms with Crippen LogP contribution >= 0.6 is 23.5 Å². The van der Waals surface area contributed by atoms with Crippen molar-refractivity contribution in [3.8, 4) is 0 Å². The quantitative estimate of drug-likeness (QED) is 0.558. The van der Waals surface area contributed by atoms with E-state index in [-0.39, 0.29) is 4.75 Å². The second kappa shape index (κ2) is 4.96. The summed E-state index contributed by atoms with van der Waals surface area (Å²) in [5.41, 5.74) is 6.13. The minimum atomic E-state index is 0.113. The predicted octanol–water partition coefficient (Wildman–Crippen LogP) is 5.87. The van der Waals surface area contributed by atoms with Gasteiger partial charge in [0.25, 0.3) is 0 Å². The van der Waals surface area contributed by atoms with Crippen LogP contribution in [0.1, 0.15) is 31.4 Å². The predicted molar refractivity (Wildman–Crippen MR) is 93.2 cm³/mol. The third-order valence-corrected chi connectivity index (χ3v) is 7.45. The molecule has 0 aliphatic carbocycles. The average molecular weight is 310 g/mol. The maximum Gasteiger partial charge on any atom is 0.0718 e. The normalized spacial score (nSPS) is 19.3. The summed E-state index contributed by atoms with van der Waals surface area (Å²) in [5, 5.41) is 0. The highest BCUT2D eigenvalue weighted by Crippen LogP contribution is 2.59. The zero-order valence-corrected chi connectivity index (χ0v) is 14.0. The van der Waals surface area contributed by atoms with Crippen molar-refractivity contribution in [2.75, 3.05) is 5.75 Å². The van der Waals surface area contributed by atoms with Gasteiger partial charge in [-0.25, -0.2) is 0 Å². The number of fused-ring (bicyclic) bond motifs is 4. The molecule has 0 fully saturated rings. The van der Waals surface area contributed by atoms with Gasteiger partial charge >= 0.3 is 0 Å². The van der Waals surface area contributed by atoms with Gasteiger partial charge in [0.15, 0.2) is 0 Å². The Bertz CT molecular complexity index is 697. The van der Waals surface area contributed by atoms with Gasteiger partial charge in [-0.2, -0.15) is 0 Å². The molecule has 106 valence electrons. The Balaban J connectivity index is 1.98. The number of rotatable bonds is 0. The molecule has 2 aromatic carbocycles. The zero-order valence-electron chi connectivity index (χ0n) is 12.3. The summed E-state index contributed by atoms with van der Waals surface area (Å²) >= 11 is 4.04. The molecule has 4 rings (SSSR count). The summed E-state index contributed by atoms with van der Waals surface area (Å²) in [6, 6.07) is 17.9. The molecule has 2 aliphatic heterocycles. The molecule has 0 radical (unpaired) electrons. The Hall–Kier alpha value is -1.12. The van der Waals surface area contributed by atoms with Crippen molar-refractivity contribution >= 4 is 23.5 Å². The van der Waals surface area contributed by atoms with E-state index in [0.29, 0.717) is 0 Å². The molecule has 2 heterocycles. The summed E-state index contributed by atoms with van der Waals surface area (Å²) in [6.45, 7) is 4.59. The van der Waals surface area contributed by atoms with Crippen molar-refractivity contribution < 1.29 is 0 Å². The largest absolute Gasteiger partial charge is 0.141 e. The van der Waals surface area contributed by atoms with Gasteiger partial charge in [0, 0.05) is 15.5 Å². The van der Waals surface area contributed by atoms with Crippen molar-refractivity contribution in [2.45, 2.75) is 34.8 Å². The SMILES string of the molecule is CC1=C(C)CC2(SC1)c1ccccc1Sc1ccccc12. The van der Waals surface area contributed by atoms with Crippen LogP contribution in [0.2, 0.25) is 0 Å². The molecule has 2 aromatic rings. The molecule has 2 aliphatic rings. The van der Waals surface area contributed by atoms with Crippen LogP contribution in [0.25, 0.3) is 0 Å². The first-order chi connectivity index (χ1) is 10.2. The fraction of sp³-hybridized carbons (Fsp3) is 0.263. The first kappa shape index (κ1) is 13.5. The topological polar surface area (TPSA) is 0 Å². The van der Waals surface area contributed by atoms with Gasteiger partial charge in [-0.05, 0) is 43.5 Å². The lowest BCUT2D eigenvalue weighted by Crippen LogP contribution is -2.31. The molecule has 0 atom stereocenters. The van der Waals surface area contributed by atoms with Crippen LogP contribution in [0, 0.1) is 0 Å². The summed E-state index contributed by atoms with van der Waals surface area (Å²) in [4.78, 5) is 2.85. The van der Waals surface area contributed by atoms with E-state index in [1.54, 1.807) is 11.1 Å². The molecule has 0 amide bonds. The van der Waals surface area contributed by atoms with Crippen LogP contribution in [-0.2, 0) is 4.75 Å². The first-order valence-electron chi connectivity index (χ1n) is 7.37. The molecule has 0 aromatic heterocycles. The molecule has 0 nitrogen and oxygen atoms in total. The van der Waals surface area contributed by atoms with Gasteiger partial charge in [-0.3, -0.25) is 0 Å². The van der Waals surface area contributed by atoms with E-state index in [1.807, 2.05) is 11.8 Å². The highest BCUT2D eigenvalue weighted by molar-refractivity contribution is 8.01. The summed E-state index contributed by atoms with van der Waals surface area (Å²) < 4.78 is 0.113. The van der Waals surface area contributed by atoms with Crippen LogP contribution < -0.4 is 0 Å². The van der Waals surface area contributed by atoms with Crippen LogP contribution in [0.15, 0.2) is 69.5 Å². The second-order valence-electron chi connectivity index (χ2n) is 5.95. The number of benzene rings is 2. The summed E-state index contributed by atoms with van der Waals surface area (Å²) in [7, 11) is 0. The molecular formula is C19H18S2. The van der Waals surface area contributed by atoms with Gasteiger partial charge in [0.2, 0.25) is 0 Å². The summed E-state index contributed by atoms with van der Waals surface area (Å²) in [6.07, 6.45) is 1.14. The second-order valence-corrected chi connectivity index (χ2v) is 8.31. The van der Waals surface area contributed by atoms with Crippen molar-refractivity contribution in [3.63, 3.8) is 0 Å². The minimum absolute atomic E-state index is 0.113. The molecule has 0 unspecified atom stereocenters. The van der Waals surface area contributed by atoms with Crippen LogP contribution in [0.3, 0.4) is 0 Å². The lowest BCUT2D eigenvalue weighted by Gasteiger charge is -2.43. The Morgan fingerprint density at radius 3 is 1.95 bits per heavy atom. The minimum Gasteiger partial charge on any atom is -0.141 e. The zero-order chi connectivity index (χ0) is 14.4. The number of thioether (sulfide) groups is 1. The third-order valence-electron chi connectivity index (χ3n) is 4.64. The van der Waals surface area contributed by atoms with E-state index in [4.69, 9.17) is 0 Å². The maximum atomic E-state index is 2.33. The molecule has 0 N–H and O–H groups in total. The van der Waals surface area contributed by atoms with E-state index in [9.17, 15) is 0 Å². The molecule has 0 saturated heterocycles. The number of allylic oxidation sites excluding steroid dienone is 1. The lowest BCUT2D eigenvalue weighted by atomic mass is 9.83. The summed E-state index contributed by atoms with van der Waals surface area (Å²) in [5.74, 6) is 1.14. The first-order valence-corrected chi connectivity index (χ1v) is 9.17. The average Bonchev–Trinajstić information content (AvgIpc) is 2.51. The van der Waals surface area contributed by atoms with Gasteiger partial charge in [0.05, 0.1) is 4.75 Å². The molecule has 2 heteroatoms. The van der Waals surface area contributed by atoms with Gasteiger partial charge in [-0.15, -0.1) is 11.8 Å². The van der Waals surface area contributed by atoms with E-state index in [1.165, 1.54) is 20.9 Å². The molecule has 1 spiro atoms. The van der Waals surface area contributed by atoms with Crippen molar-refractivity contribution in [1.29, 1.82) is 0 Å². The Kier molecular flexibility index (Phi) is 3.20. The monoisotopic (exact) mass is 310 g/mol. The molecule has 0 saturated carbocycles. The number of hydrogen-bond acceptors (Lipinski definition) is 2. The highest BCUT2D eigenvalue weighted by atomic mass is 32.2. The molecule has 21 heavy (non-hydrogen) atoms. The molecule has 0 bridgehead atoms. The smallest absolute Gasteiger partial charge is 0.0718 e. The van der Waals surface area contributed by atoms with Crippen molar-refractivity contribution in [3.05, 3.63) is 70.8 Å². The molecular weight excluding hydrogens is 292 g/mol. The van der Waals surface area contributed by atoms with Gasteiger partial charge < -0.3 is 0 Å². The Morgan fingerprint density at radius 2 is 1.38 bits per heavy atom. The Morgan fingerprint density at radius 1 is 0.810 bits per heavy atom. The van der Waals surface area contributed by atoms with Crippen molar-refractivity contribution in [1.82, 2.24) is 0 Å². The van der Waals surface area contributed by atoms with Crippen LogP contribution in [0.4, 0.5) is 0 Å². The van der Waals surface area contributed by atoms with Gasteiger partial charge in [0.1, 0.15) is 0 Å². The van der Waals surface area contributed by atoms with E-state index >= 15 is 0 Å². The van der Waals surface area contributed by atoms with Crippen LogP contribution in [0.5, 0.6) is 0 Å². The Labute approximate surface area is 135 Å². The highest BCUT2D eigenvalue weighted by Gasteiger charge is 2.43. The van der Waals surface area contributed by atoms with E-state index in [0.717, 1.165) is 12.2 Å². The lowest BCUT2D eigenvalue weighted by molar-refractivity contribution is 0.678. The van der Waals surface area contributed by atoms with Crippen molar-refractivity contribution in [2.24, 2.45) is 0 Å². The van der Waals surface area contributed by atoms with Gasteiger partial charge in [-0.1, -0.05) is 59.3 Å².